The normalized spacial score (nSPS) is 18.7. The lowest BCUT2D eigenvalue weighted by molar-refractivity contribution is 0.327. The summed E-state index contributed by atoms with van der Waals surface area (Å²) in [5.74, 6) is 2.72. The lowest BCUT2D eigenvalue weighted by atomic mass is 9.95. The molecule has 0 radical (unpaired) electrons. The van der Waals surface area contributed by atoms with Crippen molar-refractivity contribution in [2.45, 2.75) is 32.6 Å². The lowest BCUT2D eigenvalue weighted by Crippen LogP contribution is -2.39. The summed E-state index contributed by atoms with van der Waals surface area (Å²) in [5, 5.41) is 13.5. The average molecular weight is 419 g/mol. The maximum absolute atomic E-state index is 5.04. The Labute approximate surface area is 185 Å². The van der Waals surface area contributed by atoms with Gasteiger partial charge in [0, 0.05) is 24.7 Å². The van der Waals surface area contributed by atoms with Gasteiger partial charge in [0.15, 0.2) is 5.82 Å². The van der Waals surface area contributed by atoms with E-state index in [2.05, 4.69) is 57.8 Å². The molecule has 31 heavy (non-hydrogen) atoms. The second kappa shape index (κ2) is 9.37. The Morgan fingerprint density at radius 2 is 1.68 bits per heavy atom. The van der Waals surface area contributed by atoms with Gasteiger partial charge in [-0.15, -0.1) is 5.10 Å². The average Bonchev–Trinajstić information content (AvgIpc) is 3.21. The first-order chi connectivity index (χ1) is 15.3. The summed E-state index contributed by atoms with van der Waals surface area (Å²) in [6.07, 6.45) is 8.90. The van der Waals surface area contributed by atoms with Gasteiger partial charge in [0.25, 0.3) is 0 Å². The van der Waals surface area contributed by atoms with E-state index in [-0.39, 0.29) is 0 Å². The van der Waals surface area contributed by atoms with Crippen molar-refractivity contribution in [3.63, 3.8) is 0 Å². The Hall–Kier alpha value is -2.44. The number of hydrogen-bond acceptors (Lipinski definition) is 5. The van der Waals surface area contributed by atoms with Crippen LogP contribution in [0.4, 0.5) is 5.82 Å². The SMILES string of the molecule is Cc1ccc(-n2nc(N3CCC(CNCC4CCNCC4)CC3)c3ccncc32)cc1. The highest BCUT2D eigenvalue weighted by molar-refractivity contribution is 5.91. The number of piperidine rings is 2. The molecule has 0 aliphatic carbocycles. The summed E-state index contributed by atoms with van der Waals surface area (Å²) in [5.41, 5.74) is 3.42. The predicted molar refractivity (Wildman–Crippen MR) is 127 cm³/mol. The first-order valence-electron chi connectivity index (χ1n) is 11.8. The Bertz CT molecular complexity index is 981. The minimum atomic E-state index is 0.769. The van der Waals surface area contributed by atoms with Crippen LogP contribution < -0.4 is 15.5 Å². The van der Waals surface area contributed by atoms with Crippen molar-refractivity contribution in [2.75, 3.05) is 44.2 Å². The second-order valence-corrected chi connectivity index (χ2v) is 9.25. The Morgan fingerprint density at radius 1 is 0.968 bits per heavy atom. The smallest absolute Gasteiger partial charge is 0.159 e. The Morgan fingerprint density at radius 3 is 2.42 bits per heavy atom. The highest BCUT2D eigenvalue weighted by atomic mass is 15.4. The molecule has 2 fully saturated rings. The van der Waals surface area contributed by atoms with Crippen molar-refractivity contribution < 1.29 is 0 Å². The number of fused-ring (bicyclic) bond motifs is 1. The van der Waals surface area contributed by atoms with Crippen LogP contribution in [-0.2, 0) is 0 Å². The van der Waals surface area contributed by atoms with Gasteiger partial charge >= 0.3 is 0 Å². The highest BCUT2D eigenvalue weighted by Crippen LogP contribution is 2.30. The molecule has 164 valence electrons. The molecule has 2 aliphatic heterocycles. The van der Waals surface area contributed by atoms with Gasteiger partial charge in [0.1, 0.15) is 0 Å². The van der Waals surface area contributed by atoms with Crippen LogP contribution in [0.2, 0.25) is 0 Å². The molecule has 2 saturated heterocycles. The Balaban J connectivity index is 1.24. The van der Waals surface area contributed by atoms with Gasteiger partial charge in [-0.3, -0.25) is 4.98 Å². The Kier molecular flexibility index (Phi) is 6.18. The summed E-state index contributed by atoms with van der Waals surface area (Å²) >= 11 is 0. The topological polar surface area (TPSA) is 58.0 Å². The van der Waals surface area contributed by atoms with Crippen molar-refractivity contribution in [2.24, 2.45) is 11.8 Å². The van der Waals surface area contributed by atoms with E-state index >= 15 is 0 Å². The van der Waals surface area contributed by atoms with E-state index in [1.807, 2.05) is 17.1 Å². The van der Waals surface area contributed by atoms with Crippen molar-refractivity contribution >= 4 is 16.7 Å². The first-order valence-corrected chi connectivity index (χ1v) is 11.8. The molecule has 6 heteroatoms. The predicted octanol–water partition coefficient (Wildman–Crippen LogP) is 3.53. The van der Waals surface area contributed by atoms with E-state index in [0.717, 1.165) is 48.5 Å². The van der Waals surface area contributed by atoms with Gasteiger partial charge in [-0.2, -0.15) is 0 Å². The number of rotatable bonds is 6. The third-order valence-corrected chi connectivity index (χ3v) is 6.98. The molecule has 0 saturated carbocycles. The third kappa shape index (κ3) is 4.60. The minimum absolute atomic E-state index is 0.769. The summed E-state index contributed by atoms with van der Waals surface area (Å²) in [4.78, 5) is 6.84. The molecule has 2 aromatic heterocycles. The van der Waals surface area contributed by atoms with E-state index < -0.39 is 0 Å². The van der Waals surface area contributed by atoms with E-state index in [4.69, 9.17) is 5.10 Å². The molecule has 5 rings (SSSR count). The zero-order valence-corrected chi connectivity index (χ0v) is 18.6. The molecule has 0 amide bonds. The molecular formula is C25H34N6. The molecule has 2 N–H and O–H groups in total. The molecule has 0 spiro atoms. The number of nitrogens with zero attached hydrogens (tertiary/aromatic N) is 4. The van der Waals surface area contributed by atoms with Gasteiger partial charge in [-0.1, -0.05) is 17.7 Å². The zero-order chi connectivity index (χ0) is 21.0. The van der Waals surface area contributed by atoms with Crippen LogP contribution in [0.1, 0.15) is 31.2 Å². The molecule has 0 bridgehead atoms. The number of pyridine rings is 1. The van der Waals surface area contributed by atoms with Gasteiger partial charge < -0.3 is 15.5 Å². The quantitative estimate of drug-likeness (QED) is 0.641. The molecule has 2 aliphatic rings. The number of nitrogens with one attached hydrogen (secondary N) is 2. The van der Waals surface area contributed by atoms with Crippen LogP contribution in [0.5, 0.6) is 0 Å². The van der Waals surface area contributed by atoms with Gasteiger partial charge in [-0.25, -0.2) is 4.68 Å². The van der Waals surface area contributed by atoms with Crippen molar-refractivity contribution in [1.29, 1.82) is 0 Å². The maximum atomic E-state index is 5.04. The summed E-state index contributed by atoms with van der Waals surface area (Å²) in [7, 11) is 0. The van der Waals surface area contributed by atoms with Crippen LogP contribution in [0.25, 0.3) is 16.6 Å². The van der Waals surface area contributed by atoms with Crippen molar-refractivity contribution in [3.05, 3.63) is 48.3 Å². The number of benzene rings is 1. The van der Waals surface area contributed by atoms with Crippen LogP contribution >= 0.6 is 0 Å². The fraction of sp³-hybridized carbons (Fsp3) is 0.520. The number of hydrogen-bond donors (Lipinski definition) is 2. The van der Waals surface area contributed by atoms with Gasteiger partial charge in [0.05, 0.1) is 17.4 Å². The summed E-state index contributed by atoms with van der Waals surface area (Å²) < 4.78 is 2.05. The first kappa shape index (κ1) is 20.5. The van der Waals surface area contributed by atoms with Crippen LogP contribution in [0.15, 0.2) is 42.7 Å². The van der Waals surface area contributed by atoms with Crippen LogP contribution in [0, 0.1) is 18.8 Å². The van der Waals surface area contributed by atoms with E-state index in [1.165, 1.54) is 56.3 Å². The summed E-state index contributed by atoms with van der Waals surface area (Å²) in [6.45, 7) is 8.96. The highest BCUT2D eigenvalue weighted by Gasteiger charge is 2.24. The molecule has 1 aromatic carbocycles. The second-order valence-electron chi connectivity index (χ2n) is 9.25. The lowest BCUT2D eigenvalue weighted by Gasteiger charge is -2.33. The molecule has 0 unspecified atom stereocenters. The fourth-order valence-corrected chi connectivity index (χ4v) is 4.99. The van der Waals surface area contributed by atoms with Crippen LogP contribution in [0.3, 0.4) is 0 Å². The van der Waals surface area contributed by atoms with Gasteiger partial charge in [-0.05, 0) is 88.8 Å². The zero-order valence-electron chi connectivity index (χ0n) is 18.6. The molecular weight excluding hydrogens is 384 g/mol. The number of aromatic nitrogens is 3. The molecule has 4 heterocycles. The monoisotopic (exact) mass is 418 g/mol. The summed E-state index contributed by atoms with van der Waals surface area (Å²) in [6, 6.07) is 10.7. The van der Waals surface area contributed by atoms with E-state index in [0.29, 0.717) is 0 Å². The fourth-order valence-electron chi connectivity index (χ4n) is 4.99. The maximum Gasteiger partial charge on any atom is 0.159 e. The molecule has 3 aromatic rings. The standard InChI is InChI=1S/C25H34N6/c1-19-2-4-22(5-3-19)31-24-18-27-13-8-23(24)25(29-31)30-14-9-21(10-15-30)17-28-16-20-6-11-26-12-7-20/h2-5,8,13,18,20-21,26,28H,6-7,9-12,14-17H2,1H3. The third-order valence-electron chi connectivity index (χ3n) is 6.98. The molecule has 0 atom stereocenters. The van der Waals surface area contributed by atoms with Gasteiger partial charge in [0.2, 0.25) is 0 Å². The minimum Gasteiger partial charge on any atom is -0.355 e. The van der Waals surface area contributed by atoms with Crippen molar-refractivity contribution in [3.8, 4) is 5.69 Å². The number of aryl methyl sites for hydroxylation is 1. The van der Waals surface area contributed by atoms with E-state index in [9.17, 15) is 0 Å². The number of anilines is 1. The van der Waals surface area contributed by atoms with E-state index in [1.54, 1.807) is 0 Å². The van der Waals surface area contributed by atoms with Crippen LogP contribution in [-0.4, -0.2) is 54.0 Å². The largest absolute Gasteiger partial charge is 0.355 e. The molecule has 6 nitrogen and oxygen atoms in total. The van der Waals surface area contributed by atoms with Crippen molar-refractivity contribution in [1.82, 2.24) is 25.4 Å².